The van der Waals surface area contributed by atoms with Gasteiger partial charge in [0.15, 0.2) is 0 Å². The molecule has 0 radical (unpaired) electrons. The van der Waals surface area contributed by atoms with Crippen molar-refractivity contribution < 1.29 is 4.79 Å². The highest BCUT2D eigenvalue weighted by atomic mass is 35.5. The van der Waals surface area contributed by atoms with Crippen molar-refractivity contribution in [2.45, 2.75) is 12.8 Å². The Morgan fingerprint density at radius 3 is 2.65 bits per heavy atom. The lowest BCUT2D eigenvalue weighted by Gasteiger charge is -2.30. The van der Waals surface area contributed by atoms with Crippen molar-refractivity contribution in [2.75, 3.05) is 16.8 Å². The van der Waals surface area contributed by atoms with Crippen LogP contribution in [0.3, 0.4) is 0 Å². The molecule has 1 amide bonds. The summed E-state index contributed by atoms with van der Waals surface area (Å²) in [6.45, 7) is 0.926. The van der Waals surface area contributed by atoms with Gasteiger partial charge in [-0.05, 0) is 48.7 Å². The first kappa shape index (κ1) is 16.6. The predicted molar refractivity (Wildman–Crippen MR) is 105 cm³/mol. The molecule has 2 heterocycles. The van der Waals surface area contributed by atoms with E-state index in [1.807, 2.05) is 24.3 Å². The molecule has 5 heteroatoms. The van der Waals surface area contributed by atoms with Crippen molar-refractivity contribution >= 4 is 34.7 Å². The SMILES string of the molecule is O=C(Nc1ccccc1Cl)c1ccc(N2CCCc3ccccc32)nc1. The first-order valence-corrected chi connectivity index (χ1v) is 8.97. The number of hydrogen-bond acceptors (Lipinski definition) is 3. The fraction of sp³-hybridized carbons (Fsp3) is 0.143. The van der Waals surface area contributed by atoms with Crippen molar-refractivity contribution in [1.29, 1.82) is 0 Å². The molecule has 1 aliphatic heterocycles. The third kappa shape index (κ3) is 3.28. The van der Waals surface area contributed by atoms with Crippen LogP contribution in [-0.2, 0) is 6.42 Å². The van der Waals surface area contributed by atoms with E-state index in [2.05, 4.69) is 33.4 Å². The number of fused-ring (bicyclic) bond motifs is 1. The lowest BCUT2D eigenvalue weighted by molar-refractivity contribution is 0.102. The van der Waals surface area contributed by atoms with E-state index in [9.17, 15) is 4.79 Å². The van der Waals surface area contributed by atoms with Crippen LogP contribution in [0.4, 0.5) is 17.2 Å². The van der Waals surface area contributed by atoms with Crippen LogP contribution in [0, 0.1) is 0 Å². The van der Waals surface area contributed by atoms with E-state index in [1.165, 1.54) is 11.3 Å². The maximum atomic E-state index is 12.4. The number of anilines is 3. The third-order valence-electron chi connectivity index (χ3n) is 4.52. The number of aryl methyl sites for hydroxylation is 1. The second-order valence-corrected chi connectivity index (χ2v) is 6.63. The Morgan fingerprint density at radius 1 is 1.04 bits per heavy atom. The van der Waals surface area contributed by atoms with E-state index in [0.717, 1.165) is 25.2 Å². The summed E-state index contributed by atoms with van der Waals surface area (Å²) in [5, 5.41) is 3.33. The highest BCUT2D eigenvalue weighted by Crippen LogP contribution is 2.32. The lowest BCUT2D eigenvalue weighted by Crippen LogP contribution is -2.25. The van der Waals surface area contributed by atoms with Crippen molar-refractivity contribution in [1.82, 2.24) is 4.98 Å². The largest absolute Gasteiger partial charge is 0.326 e. The van der Waals surface area contributed by atoms with Gasteiger partial charge < -0.3 is 10.2 Å². The van der Waals surface area contributed by atoms with Crippen molar-refractivity contribution in [3.8, 4) is 0 Å². The van der Waals surface area contributed by atoms with Crippen LogP contribution in [-0.4, -0.2) is 17.4 Å². The van der Waals surface area contributed by atoms with Gasteiger partial charge in [0.25, 0.3) is 5.91 Å². The summed E-state index contributed by atoms with van der Waals surface area (Å²) in [7, 11) is 0. The summed E-state index contributed by atoms with van der Waals surface area (Å²) in [4.78, 5) is 19.2. The molecule has 26 heavy (non-hydrogen) atoms. The highest BCUT2D eigenvalue weighted by molar-refractivity contribution is 6.33. The Kier molecular flexibility index (Phi) is 4.59. The molecule has 0 saturated carbocycles. The molecule has 1 aromatic heterocycles. The summed E-state index contributed by atoms with van der Waals surface area (Å²) < 4.78 is 0. The van der Waals surface area contributed by atoms with Gasteiger partial charge in [0, 0.05) is 18.4 Å². The topological polar surface area (TPSA) is 45.2 Å². The van der Waals surface area contributed by atoms with Crippen LogP contribution >= 0.6 is 11.6 Å². The number of carbonyl (C=O) groups excluding carboxylic acids is 1. The van der Waals surface area contributed by atoms with E-state index in [4.69, 9.17) is 11.6 Å². The maximum absolute atomic E-state index is 12.4. The molecule has 1 aliphatic rings. The zero-order chi connectivity index (χ0) is 17.9. The van der Waals surface area contributed by atoms with Gasteiger partial charge in [0.05, 0.1) is 16.3 Å². The zero-order valence-corrected chi connectivity index (χ0v) is 14.9. The number of halogens is 1. The van der Waals surface area contributed by atoms with Crippen LogP contribution in [0.5, 0.6) is 0 Å². The molecule has 1 N–H and O–H groups in total. The van der Waals surface area contributed by atoms with Crippen LogP contribution in [0.1, 0.15) is 22.3 Å². The van der Waals surface area contributed by atoms with E-state index in [0.29, 0.717) is 16.3 Å². The summed E-state index contributed by atoms with van der Waals surface area (Å²) in [6, 6.07) is 19.2. The van der Waals surface area contributed by atoms with Gasteiger partial charge in [-0.2, -0.15) is 0 Å². The molecule has 130 valence electrons. The van der Waals surface area contributed by atoms with Crippen LogP contribution in [0.25, 0.3) is 0 Å². The Bertz CT molecular complexity index is 940. The molecule has 4 rings (SSSR count). The summed E-state index contributed by atoms with van der Waals surface area (Å²) in [5.74, 6) is 0.627. The monoisotopic (exact) mass is 363 g/mol. The molecule has 2 aromatic carbocycles. The van der Waals surface area contributed by atoms with Gasteiger partial charge in [0.1, 0.15) is 5.82 Å². The van der Waals surface area contributed by atoms with E-state index in [-0.39, 0.29) is 5.91 Å². The molecule has 0 fully saturated rings. The average molecular weight is 364 g/mol. The standard InChI is InChI=1S/C21H18ClN3O/c22-17-8-2-3-9-18(17)24-21(26)16-11-12-20(23-14-16)25-13-5-7-15-6-1-4-10-19(15)25/h1-4,6,8-12,14H,5,7,13H2,(H,24,26). The molecule has 0 unspecified atom stereocenters. The first-order chi connectivity index (χ1) is 12.7. The minimum atomic E-state index is -0.226. The van der Waals surface area contributed by atoms with Gasteiger partial charge in [-0.15, -0.1) is 0 Å². The number of amides is 1. The van der Waals surface area contributed by atoms with Gasteiger partial charge >= 0.3 is 0 Å². The summed E-state index contributed by atoms with van der Waals surface area (Å²) in [6.07, 6.45) is 3.79. The van der Waals surface area contributed by atoms with Crippen LogP contribution in [0.2, 0.25) is 5.02 Å². The molecule has 3 aromatic rings. The third-order valence-corrected chi connectivity index (χ3v) is 4.85. The first-order valence-electron chi connectivity index (χ1n) is 8.60. The number of para-hydroxylation sites is 2. The fourth-order valence-electron chi connectivity index (χ4n) is 3.21. The van der Waals surface area contributed by atoms with Crippen molar-refractivity contribution in [3.63, 3.8) is 0 Å². The Labute approximate surface area is 157 Å². The number of nitrogens with one attached hydrogen (secondary N) is 1. The lowest BCUT2D eigenvalue weighted by atomic mass is 10.0. The molecule has 0 spiro atoms. The van der Waals surface area contributed by atoms with Gasteiger partial charge in [0.2, 0.25) is 0 Å². The number of benzene rings is 2. The number of nitrogens with zero attached hydrogens (tertiary/aromatic N) is 2. The molecular formula is C21H18ClN3O. The molecular weight excluding hydrogens is 346 g/mol. The second-order valence-electron chi connectivity index (χ2n) is 6.22. The maximum Gasteiger partial charge on any atom is 0.257 e. The van der Waals surface area contributed by atoms with Crippen LogP contribution < -0.4 is 10.2 Å². The van der Waals surface area contributed by atoms with E-state index in [1.54, 1.807) is 24.4 Å². The number of aromatic nitrogens is 1. The smallest absolute Gasteiger partial charge is 0.257 e. The Morgan fingerprint density at radius 2 is 1.85 bits per heavy atom. The van der Waals surface area contributed by atoms with Crippen molar-refractivity contribution in [2.24, 2.45) is 0 Å². The quantitative estimate of drug-likeness (QED) is 0.706. The Hall–Kier alpha value is -2.85. The molecule has 0 bridgehead atoms. The van der Waals surface area contributed by atoms with Crippen molar-refractivity contribution in [3.05, 3.63) is 83.0 Å². The number of hydrogen-bond donors (Lipinski definition) is 1. The van der Waals surface area contributed by atoms with Gasteiger partial charge in [-0.1, -0.05) is 41.9 Å². The minimum absolute atomic E-state index is 0.226. The highest BCUT2D eigenvalue weighted by Gasteiger charge is 2.19. The molecule has 0 saturated heterocycles. The van der Waals surface area contributed by atoms with Gasteiger partial charge in [-0.3, -0.25) is 4.79 Å². The molecule has 4 nitrogen and oxygen atoms in total. The normalized spacial score (nSPS) is 13.2. The summed E-state index contributed by atoms with van der Waals surface area (Å²) in [5.41, 5.74) is 3.62. The number of rotatable bonds is 3. The van der Waals surface area contributed by atoms with Crippen LogP contribution in [0.15, 0.2) is 66.9 Å². The molecule has 0 aliphatic carbocycles. The second kappa shape index (κ2) is 7.18. The van der Waals surface area contributed by atoms with Gasteiger partial charge in [-0.25, -0.2) is 4.98 Å². The zero-order valence-electron chi connectivity index (χ0n) is 14.2. The minimum Gasteiger partial charge on any atom is -0.326 e. The van der Waals surface area contributed by atoms with E-state index < -0.39 is 0 Å². The Balaban J connectivity index is 1.54. The number of carbonyl (C=O) groups is 1. The predicted octanol–water partition coefficient (Wildman–Crippen LogP) is 5.07. The number of pyridine rings is 1. The molecule has 0 atom stereocenters. The average Bonchev–Trinajstić information content (AvgIpc) is 2.69. The van der Waals surface area contributed by atoms with E-state index >= 15 is 0 Å². The fourth-order valence-corrected chi connectivity index (χ4v) is 3.39. The summed E-state index contributed by atoms with van der Waals surface area (Å²) >= 11 is 6.09.